The van der Waals surface area contributed by atoms with E-state index in [9.17, 15) is 9.18 Å². The van der Waals surface area contributed by atoms with Crippen molar-refractivity contribution in [3.63, 3.8) is 0 Å². The van der Waals surface area contributed by atoms with Gasteiger partial charge < -0.3 is 15.5 Å². The minimum absolute atomic E-state index is 0.0507. The van der Waals surface area contributed by atoms with Crippen LogP contribution in [-0.4, -0.2) is 37.5 Å². The van der Waals surface area contributed by atoms with E-state index in [1.807, 2.05) is 11.0 Å². The molecule has 1 aliphatic rings. The van der Waals surface area contributed by atoms with E-state index >= 15 is 0 Å². The maximum atomic E-state index is 13.4. The zero-order chi connectivity index (χ0) is 12.4. The van der Waals surface area contributed by atoms with Crippen LogP contribution in [0.15, 0.2) is 18.2 Å². The molecule has 0 atom stereocenters. The molecular weight excluding hydrogens is 221 g/mol. The van der Waals surface area contributed by atoms with E-state index < -0.39 is 0 Å². The molecule has 0 bridgehead atoms. The molecule has 0 saturated carbocycles. The van der Waals surface area contributed by atoms with Crippen LogP contribution in [0, 0.1) is 5.82 Å². The van der Waals surface area contributed by atoms with Gasteiger partial charge in [-0.25, -0.2) is 4.39 Å². The monoisotopic (exact) mass is 237 g/mol. The fourth-order valence-electron chi connectivity index (χ4n) is 1.91. The summed E-state index contributed by atoms with van der Waals surface area (Å²) in [4.78, 5) is 15.1. The average molecular weight is 237 g/mol. The van der Waals surface area contributed by atoms with Gasteiger partial charge in [-0.2, -0.15) is 0 Å². The van der Waals surface area contributed by atoms with Crippen molar-refractivity contribution >= 4 is 11.6 Å². The van der Waals surface area contributed by atoms with Crippen LogP contribution < -0.4 is 10.6 Å². The number of nitrogens with two attached hydrogens (primary N) is 1. The van der Waals surface area contributed by atoms with Crippen molar-refractivity contribution in [3.05, 3.63) is 29.6 Å². The van der Waals surface area contributed by atoms with Gasteiger partial charge >= 0.3 is 0 Å². The Morgan fingerprint density at radius 1 is 1.35 bits per heavy atom. The number of carbonyl (C=O) groups excluding carboxylic acids is 1. The first-order chi connectivity index (χ1) is 8.10. The number of hydrogen-bond acceptors (Lipinski definition) is 3. The molecule has 1 aromatic carbocycles. The third-order valence-corrected chi connectivity index (χ3v) is 3.00. The largest absolute Gasteiger partial charge is 0.360 e. The van der Waals surface area contributed by atoms with E-state index in [0.717, 1.165) is 17.8 Å². The SMILES string of the molecule is CN1CCN(c2cc(F)cc(CN)c2)CC1=O. The number of anilines is 1. The Balaban J connectivity index is 2.22. The second-order valence-corrected chi connectivity index (χ2v) is 4.26. The van der Waals surface area contributed by atoms with Crippen molar-refractivity contribution in [2.75, 3.05) is 31.6 Å². The Morgan fingerprint density at radius 3 is 2.76 bits per heavy atom. The molecule has 1 aliphatic heterocycles. The quantitative estimate of drug-likeness (QED) is 0.817. The minimum Gasteiger partial charge on any atom is -0.360 e. The van der Waals surface area contributed by atoms with E-state index in [2.05, 4.69) is 0 Å². The zero-order valence-electron chi connectivity index (χ0n) is 9.82. The fourth-order valence-corrected chi connectivity index (χ4v) is 1.91. The Labute approximate surface area is 99.8 Å². The summed E-state index contributed by atoms with van der Waals surface area (Å²) < 4.78 is 13.4. The summed E-state index contributed by atoms with van der Waals surface area (Å²) in [7, 11) is 1.77. The van der Waals surface area contributed by atoms with Gasteiger partial charge in [0.2, 0.25) is 5.91 Å². The molecule has 5 heteroatoms. The normalized spacial score (nSPS) is 16.5. The van der Waals surface area contributed by atoms with Crippen LogP contribution in [-0.2, 0) is 11.3 Å². The number of likely N-dealkylation sites (N-methyl/N-ethyl adjacent to an activating group) is 1. The molecule has 17 heavy (non-hydrogen) atoms. The summed E-state index contributed by atoms with van der Waals surface area (Å²) in [5, 5.41) is 0. The van der Waals surface area contributed by atoms with E-state index in [1.165, 1.54) is 12.1 Å². The van der Waals surface area contributed by atoms with Crippen molar-refractivity contribution in [2.24, 2.45) is 5.73 Å². The molecule has 0 spiro atoms. The lowest BCUT2D eigenvalue weighted by atomic mass is 10.1. The third kappa shape index (κ3) is 2.55. The summed E-state index contributed by atoms with van der Waals surface area (Å²) in [6.45, 7) is 1.97. The number of carbonyl (C=O) groups is 1. The molecule has 1 aromatic rings. The van der Waals surface area contributed by atoms with E-state index in [4.69, 9.17) is 5.73 Å². The van der Waals surface area contributed by atoms with Crippen molar-refractivity contribution in [3.8, 4) is 0 Å². The third-order valence-electron chi connectivity index (χ3n) is 3.00. The number of benzene rings is 1. The topological polar surface area (TPSA) is 49.6 Å². The molecule has 2 N–H and O–H groups in total. The van der Waals surface area contributed by atoms with E-state index in [0.29, 0.717) is 19.6 Å². The van der Waals surface area contributed by atoms with Crippen molar-refractivity contribution in [1.29, 1.82) is 0 Å². The predicted molar refractivity (Wildman–Crippen MR) is 64.1 cm³/mol. The Bertz CT molecular complexity index is 436. The molecule has 1 amide bonds. The number of rotatable bonds is 2. The van der Waals surface area contributed by atoms with Gasteiger partial charge in [0.15, 0.2) is 0 Å². The van der Waals surface area contributed by atoms with Crippen LogP contribution in [0.4, 0.5) is 10.1 Å². The standard InChI is InChI=1S/C12H16FN3O/c1-15-2-3-16(8-12(15)17)11-5-9(7-14)4-10(13)6-11/h4-6H,2-3,7-8,14H2,1H3. The molecule has 4 nitrogen and oxygen atoms in total. The highest BCUT2D eigenvalue weighted by atomic mass is 19.1. The fraction of sp³-hybridized carbons (Fsp3) is 0.417. The van der Waals surface area contributed by atoms with E-state index in [-0.39, 0.29) is 11.7 Å². The molecular formula is C12H16FN3O. The number of nitrogens with zero attached hydrogens (tertiary/aromatic N) is 2. The van der Waals surface area contributed by atoms with Gasteiger partial charge in [-0.15, -0.1) is 0 Å². The predicted octanol–water partition coefficient (Wildman–Crippen LogP) is 0.563. The smallest absolute Gasteiger partial charge is 0.241 e. The van der Waals surface area contributed by atoms with Crippen LogP contribution in [0.1, 0.15) is 5.56 Å². The molecule has 92 valence electrons. The molecule has 0 aliphatic carbocycles. The molecule has 1 fully saturated rings. The molecule has 0 radical (unpaired) electrons. The van der Waals surface area contributed by atoms with Crippen molar-refractivity contribution < 1.29 is 9.18 Å². The van der Waals surface area contributed by atoms with Crippen molar-refractivity contribution in [1.82, 2.24) is 4.90 Å². The van der Waals surface area contributed by atoms with Crippen LogP contribution in [0.25, 0.3) is 0 Å². The second kappa shape index (κ2) is 4.71. The lowest BCUT2D eigenvalue weighted by Gasteiger charge is -2.33. The molecule has 2 rings (SSSR count). The first-order valence-electron chi connectivity index (χ1n) is 5.58. The van der Waals surface area contributed by atoms with Gasteiger partial charge in [-0.3, -0.25) is 4.79 Å². The van der Waals surface area contributed by atoms with Gasteiger partial charge in [0.1, 0.15) is 5.82 Å². The summed E-state index contributed by atoms with van der Waals surface area (Å²) in [6, 6.07) is 4.70. The number of amides is 1. The Kier molecular flexibility index (Phi) is 3.28. The summed E-state index contributed by atoms with van der Waals surface area (Å²) in [5.41, 5.74) is 6.98. The average Bonchev–Trinajstić information content (AvgIpc) is 2.32. The summed E-state index contributed by atoms with van der Waals surface area (Å²) >= 11 is 0. The Morgan fingerprint density at radius 2 is 2.12 bits per heavy atom. The van der Waals surface area contributed by atoms with Gasteiger partial charge in [-0.05, 0) is 23.8 Å². The van der Waals surface area contributed by atoms with Crippen molar-refractivity contribution in [2.45, 2.75) is 6.54 Å². The summed E-state index contributed by atoms with van der Waals surface area (Å²) in [6.07, 6.45) is 0. The van der Waals surface area contributed by atoms with Gasteiger partial charge in [-0.1, -0.05) is 0 Å². The van der Waals surface area contributed by atoms with Gasteiger partial charge in [0, 0.05) is 32.4 Å². The number of hydrogen-bond donors (Lipinski definition) is 1. The van der Waals surface area contributed by atoms with Crippen LogP contribution in [0.5, 0.6) is 0 Å². The molecule has 0 unspecified atom stereocenters. The van der Waals surface area contributed by atoms with Crippen LogP contribution in [0.2, 0.25) is 0 Å². The van der Waals surface area contributed by atoms with Crippen LogP contribution in [0.3, 0.4) is 0 Å². The van der Waals surface area contributed by atoms with E-state index in [1.54, 1.807) is 11.9 Å². The van der Waals surface area contributed by atoms with Crippen LogP contribution >= 0.6 is 0 Å². The molecule has 1 saturated heterocycles. The maximum absolute atomic E-state index is 13.4. The van der Waals surface area contributed by atoms with Gasteiger partial charge in [0.25, 0.3) is 0 Å². The second-order valence-electron chi connectivity index (χ2n) is 4.26. The summed E-state index contributed by atoms with van der Waals surface area (Å²) in [5.74, 6) is -0.260. The zero-order valence-corrected chi connectivity index (χ0v) is 9.82. The first kappa shape index (κ1) is 11.9. The Hall–Kier alpha value is -1.62. The lowest BCUT2D eigenvalue weighted by Crippen LogP contribution is -2.48. The lowest BCUT2D eigenvalue weighted by molar-refractivity contribution is -0.129. The highest BCUT2D eigenvalue weighted by Gasteiger charge is 2.21. The first-order valence-corrected chi connectivity index (χ1v) is 5.58. The highest BCUT2D eigenvalue weighted by molar-refractivity contribution is 5.82. The molecule has 0 aromatic heterocycles. The molecule has 1 heterocycles. The maximum Gasteiger partial charge on any atom is 0.241 e. The highest BCUT2D eigenvalue weighted by Crippen LogP contribution is 2.20. The van der Waals surface area contributed by atoms with Gasteiger partial charge in [0.05, 0.1) is 6.54 Å². The number of piperazine rings is 1. The number of halogens is 1. The minimum atomic E-state index is -0.311.